The van der Waals surface area contributed by atoms with Gasteiger partial charge in [-0.25, -0.2) is 0 Å². The predicted octanol–water partition coefficient (Wildman–Crippen LogP) is 3.16. The summed E-state index contributed by atoms with van der Waals surface area (Å²) >= 11 is 9.38. The van der Waals surface area contributed by atoms with Gasteiger partial charge in [0.15, 0.2) is 0 Å². The fourth-order valence-corrected chi connectivity index (χ4v) is 1.72. The van der Waals surface area contributed by atoms with Crippen LogP contribution in [0.5, 0.6) is 0 Å². The first-order valence-electron chi connectivity index (χ1n) is 3.68. The Morgan fingerprint density at radius 3 is 2.58 bits per heavy atom. The molecule has 0 spiro atoms. The van der Waals surface area contributed by atoms with Crippen molar-refractivity contribution in [3.8, 4) is 0 Å². The molecule has 1 aromatic rings. The first kappa shape index (κ1) is 10.0. The van der Waals surface area contributed by atoms with Crippen LogP contribution in [0.1, 0.15) is 5.56 Å². The number of nitrogens with zero attached hydrogens (tertiary/aromatic N) is 1. The third-order valence-corrected chi connectivity index (χ3v) is 2.35. The maximum absolute atomic E-state index is 6.02. The zero-order valence-electron chi connectivity index (χ0n) is 7.14. The summed E-state index contributed by atoms with van der Waals surface area (Å²) in [5.41, 5.74) is 1.16. The second-order valence-electron chi connectivity index (χ2n) is 2.97. The van der Waals surface area contributed by atoms with Crippen molar-refractivity contribution in [3.63, 3.8) is 0 Å². The minimum absolute atomic E-state index is 0.818. The molecule has 0 amide bonds. The lowest BCUT2D eigenvalue weighted by Gasteiger charge is -2.10. The van der Waals surface area contributed by atoms with Crippen molar-refractivity contribution in [2.75, 3.05) is 14.1 Å². The van der Waals surface area contributed by atoms with Gasteiger partial charge in [-0.1, -0.05) is 33.6 Å². The second-order valence-corrected chi connectivity index (χ2v) is 4.30. The number of halogens is 2. The Bertz CT molecular complexity index is 273. The van der Waals surface area contributed by atoms with E-state index < -0.39 is 0 Å². The summed E-state index contributed by atoms with van der Waals surface area (Å²) in [6.45, 7) is 0.881. The zero-order valence-corrected chi connectivity index (χ0v) is 9.48. The van der Waals surface area contributed by atoms with Gasteiger partial charge in [-0.3, -0.25) is 0 Å². The highest BCUT2D eigenvalue weighted by Gasteiger charge is 2.01. The molecule has 0 aliphatic heterocycles. The van der Waals surface area contributed by atoms with Crippen LogP contribution in [0.3, 0.4) is 0 Å². The molecule has 66 valence electrons. The molecule has 0 atom stereocenters. The molecule has 0 saturated carbocycles. The molecule has 0 N–H and O–H groups in total. The maximum Gasteiger partial charge on any atom is 0.0462 e. The van der Waals surface area contributed by atoms with E-state index in [9.17, 15) is 0 Å². The summed E-state index contributed by atoms with van der Waals surface area (Å²) in [5.74, 6) is 0. The lowest BCUT2D eigenvalue weighted by atomic mass is 10.2. The van der Waals surface area contributed by atoms with Gasteiger partial charge in [0.25, 0.3) is 0 Å². The van der Waals surface area contributed by atoms with Crippen LogP contribution in [0.15, 0.2) is 22.7 Å². The number of rotatable bonds is 2. The van der Waals surface area contributed by atoms with Gasteiger partial charge in [-0.15, -0.1) is 0 Å². The standard InChI is InChI=1S/C9H11BrClN/c1-12(2)6-7-3-4-8(10)5-9(7)11/h3-5H,6H2,1-2H3. The maximum atomic E-state index is 6.02. The van der Waals surface area contributed by atoms with Crippen molar-refractivity contribution >= 4 is 27.5 Å². The highest BCUT2D eigenvalue weighted by atomic mass is 79.9. The molecular formula is C9H11BrClN. The van der Waals surface area contributed by atoms with Crippen LogP contribution >= 0.6 is 27.5 Å². The van der Waals surface area contributed by atoms with Gasteiger partial charge in [-0.05, 0) is 31.8 Å². The van der Waals surface area contributed by atoms with Crippen LogP contribution < -0.4 is 0 Å². The average Bonchev–Trinajstić information content (AvgIpc) is 1.94. The van der Waals surface area contributed by atoms with Gasteiger partial charge in [-0.2, -0.15) is 0 Å². The van der Waals surface area contributed by atoms with Crippen LogP contribution in [0, 0.1) is 0 Å². The Balaban J connectivity index is 2.86. The van der Waals surface area contributed by atoms with Crippen molar-refractivity contribution in [2.24, 2.45) is 0 Å². The molecule has 0 unspecified atom stereocenters. The molecule has 0 bridgehead atoms. The highest BCUT2D eigenvalue weighted by Crippen LogP contribution is 2.21. The number of hydrogen-bond donors (Lipinski definition) is 0. The molecule has 1 nitrogen and oxygen atoms in total. The van der Waals surface area contributed by atoms with Crippen LogP contribution in [-0.4, -0.2) is 19.0 Å². The van der Waals surface area contributed by atoms with Crippen molar-refractivity contribution in [3.05, 3.63) is 33.3 Å². The fraction of sp³-hybridized carbons (Fsp3) is 0.333. The van der Waals surface area contributed by atoms with E-state index in [1.54, 1.807) is 0 Å². The minimum Gasteiger partial charge on any atom is -0.305 e. The third-order valence-electron chi connectivity index (χ3n) is 1.50. The van der Waals surface area contributed by atoms with E-state index in [4.69, 9.17) is 11.6 Å². The predicted molar refractivity (Wildman–Crippen MR) is 56.5 cm³/mol. The lowest BCUT2D eigenvalue weighted by Crippen LogP contribution is -2.10. The molecule has 0 saturated heterocycles. The van der Waals surface area contributed by atoms with E-state index in [1.807, 2.05) is 32.3 Å². The normalized spacial score (nSPS) is 10.8. The highest BCUT2D eigenvalue weighted by molar-refractivity contribution is 9.10. The molecule has 1 aromatic carbocycles. The molecule has 0 aliphatic carbocycles. The van der Waals surface area contributed by atoms with E-state index >= 15 is 0 Å². The molecule has 0 aromatic heterocycles. The van der Waals surface area contributed by atoms with Gasteiger partial charge >= 0.3 is 0 Å². The molecule has 1 rings (SSSR count). The zero-order chi connectivity index (χ0) is 9.14. The van der Waals surface area contributed by atoms with E-state index in [0.717, 1.165) is 21.6 Å². The van der Waals surface area contributed by atoms with Crippen LogP contribution in [-0.2, 0) is 6.54 Å². The Morgan fingerprint density at radius 1 is 1.42 bits per heavy atom. The molecule has 3 heteroatoms. The minimum atomic E-state index is 0.818. The summed E-state index contributed by atoms with van der Waals surface area (Å²) in [7, 11) is 4.05. The first-order valence-corrected chi connectivity index (χ1v) is 4.85. The Labute approximate surface area is 86.5 Å². The van der Waals surface area contributed by atoms with E-state index in [0.29, 0.717) is 0 Å². The quantitative estimate of drug-likeness (QED) is 0.777. The van der Waals surface area contributed by atoms with E-state index in [2.05, 4.69) is 20.8 Å². The van der Waals surface area contributed by atoms with Gasteiger partial charge in [0.2, 0.25) is 0 Å². The second kappa shape index (κ2) is 4.26. The van der Waals surface area contributed by atoms with E-state index in [-0.39, 0.29) is 0 Å². The topological polar surface area (TPSA) is 3.24 Å². The monoisotopic (exact) mass is 247 g/mol. The summed E-state index contributed by atoms with van der Waals surface area (Å²) in [6.07, 6.45) is 0. The van der Waals surface area contributed by atoms with Crippen LogP contribution in [0.2, 0.25) is 5.02 Å². The smallest absolute Gasteiger partial charge is 0.0462 e. The summed E-state index contributed by atoms with van der Waals surface area (Å²) in [4.78, 5) is 2.09. The lowest BCUT2D eigenvalue weighted by molar-refractivity contribution is 0.402. The molecule has 0 heterocycles. The average molecular weight is 249 g/mol. The molecule has 0 aliphatic rings. The molecule has 0 radical (unpaired) electrons. The Kier molecular flexibility index (Phi) is 3.56. The molecule has 0 fully saturated rings. The van der Waals surface area contributed by atoms with Crippen molar-refractivity contribution in [2.45, 2.75) is 6.54 Å². The summed E-state index contributed by atoms with van der Waals surface area (Å²) < 4.78 is 1.02. The van der Waals surface area contributed by atoms with Crippen molar-refractivity contribution < 1.29 is 0 Å². The van der Waals surface area contributed by atoms with Crippen LogP contribution in [0.4, 0.5) is 0 Å². The fourth-order valence-electron chi connectivity index (χ4n) is 0.991. The largest absolute Gasteiger partial charge is 0.305 e. The molecular weight excluding hydrogens is 237 g/mol. The van der Waals surface area contributed by atoms with Gasteiger partial charge in [0.1, 0.15) is 0 Å². The summed E-state index contributed by atoms with van der Waals surface area (Å²) in [6, 6.07) is 5.96. The van der Waals surface area contributed by atoms with Crippen molar-refractivity contribution in [1.82, 2.24) is 4.90 Å². The van der Waals surface area contributed by atoms with E-state index in [1.165, 1.54) is 0 Å². The van der Waals surface area contributed by atoms with Crippen LogP contribution in [0.25, 0.3) is 0 Å². The third kappa shape index (κ3) is 2.77. The number of hydrogen-bond acceptors (Lipinski definition) is 1. The molecule has 12 heavy (non-hydrogen) atoms. The Morgan fingerprint density at radius 2 is 2.08 bits per heavy atom. The van der Waals surface area contributed by atoms with Crippen molar-refractivity contribution in [1.29, 1.82) is 0 Å². The number of benzene rings is 1. The van der Waals surface area contributed by atoms with Gasteiger partial charge in [0, 0.05) is 16.0 Å². The van der Waals surface area contributed by atoms with Gasteiger partial charge in [0.05, 0.1) is 0 Å². The van der Waals surface area contributed by atoms with Gasteiger partial charge < -0.3 is 4.90 Å². The Hall–Kier alpha value is -0.0500. The summed E-state index contributed by atoms with van der Waals surface area (Å²) in [5, 5.41) is 0.818. The first-order chi connectivity index (χ1) is 5.59. The SMILES string of the molecule is CN(C)Cc1ccc(Br)cc1Cl.